The first-order valence-corrected chi connectivity index (χ1v) is 9.86. The van der Waals surface area contributed by atoms with Crippen LogP contribution in [0.15, 0.2) is 60.1 Å². The fourth-order valence-corrected chi connectivity index (χ4v) is 3.94. The maximum Gasteiger partial charge on any atom is 0.271 e. The van der Waals surface area contributed by atoms with Crippen LogP contribution in [0.3, 0.4) is 0 Å². The number of pyridine rings is 1. The first-order valence-electron chi connectivity index (χ1n) is 8.98. The molecule has 0 unspecified atom stereocenters. The van der Waals surface area contributed by atoms with Crippen LogP contribution in [0.1, 0.15) is 29.5 Å². The molecule has 6 heteroatoms. The van der Waals surface area contributed by atoms with E-state index in [0.29, 0.717) is 12.2 Å². The zero-order chi connectivity index (χ0) is 18.6. The topological polar surface area (TPSA) is 59.8 Å². The van der Waals surface area contributed by atoms with Crippen LogP contribution in [0.5, 0.6) is 0 Å². The van der Waals surface area contributed by atoms with Gasteiger partial charge in [0.05, 0.1) is 17.9 Å². The van der Waals surface area contributed by atoms with E-state index in [2.05, 4.69) is 51.0 Å². The van der Waals surface area contributed by atoms with E-state index >= 15 is 0 Å². The van der Waals surface area contributed by atoms with Gasteiger partial charge in [-0.1, -0.05) is 31.2 Å². The first-order chi connectivity index (χ1) is 13.3. The fourth-order valence-electron chi connectivity index (χ4n) is 3.11. The molecule has 0 fully saturated rings. The van der Waals surface area contributed by atoms with Crippen LogP contribution in [-0.4, -0.2) is 20.4 Å². The summed E-state index contributed by atoms with van der Waals surface area (Å²) in [4.78, 5) is 21.3. The number of hydrogen-bond donors (Lipinski definition) is 1. The molecule has 136 valence electrons. The molecule has 0 aliphatic carbocycles. The van der Waals surface area contributed by atoms with Gasteiger partial charge >= 0.3 is 0 Å². The van der Waals surface area contributed by atoms with E-state index in [0.717, 1.165) is 29.4 Å². The molecule has 1 amide bonds. The summed E-state index contributed by atoms with van der Waals surface area (Å²) in [7, 11) is 0. The van der Waals surface area contributed by atoms with Crippen molar-refractivity contribution in [3.63, 3.8) is 0 Å². The molecule has 3 heterocycles. The Morgan fingerprint density at radius 2 is 2.04 bits per heavy atom. The van der Waals surface area contributed by atoms with Crippen molar-refractivity contribution in [2.45, 2.75) is 26.4 Å². The minimum absolute atomic E-state index is 0.179. The SMILES string of the molecule is CCCn1c(-c2nc(C(=O)NCc3ccccn3)cs2)cc2ccccc21. The highest BCUT2D eigenvalue weighted by Crippen LogP contribution is 2.30. The number of nitrogens with one attached hydrogen (secondary N) is 1. The maximum atomic E-state index is 12.4. The summed E-state index contributed by atoms with van der Waals surface area (Å²) in [6.07, 6.45) is 2.75. The van der Waals surface area contributed by atoms with Gasteiger partial charge in [0.15, 0.2) is 0 Å². The highest BCUT2D eigenvalue weighted by Gasteiger charge is 2.16. The Balaban J connectivity index is 1.58. The van der Waals surface area contributed by atoms with Crippen molar-refractivity contribution in [2.24, 2.45) is 0 Å². The molecular formula is C21H20N4OS. The Morgan fingerprint density at radius 1 is 1.19 bits per heavy atom. The van der Waals surface area contributed by atoms with Crippen LogP contribution in [0, 0.1) is 0 Å². The Kier molecular flexibility index (Phi) is 4.98. The lowest BCUT2D eigenvalue weighted by atomic mass is 10.2. The number of hydrogen-bond acceptors (Lipinski definition) is 4. The van der Waals surface area contributed by atoms with Gasteiger partial charge in [-0.2, -0.15) is 0 Å². The van der Waals surface area contributed by atoms with Crippen molar-refractivity contribution < 1.29 is 4.79 Å². The number of nitrogens with zero attached hydrogens (tertiary/aromatic N) is 3. The minimum Gasteiger partial charge on any atom is -0.345 e. The molecule has 0 atom stereocenters. The number of aryl methyl sites for hydroxylation is 1. The van der Waals surface area contributed by atoms with Crippen LogP contribution >= 0.6 is 11.3 Å². The van der Waals surface area contributed by atoms with Crippen LogP contribution in [0.25, 0.3) is 21.6 Å². The number of para-hydroxylation sites is 1. The molecule has 0 aliphatic rings. The summed E-state index contributed by atoms with van der Waals surface area (Å²) < 4.78 is 2.28. The zero-order valence-corrected chi connectivity index (χ0v) is 15.9. The molecular weight excluding hydrogens is 356 g/mol. The van der Waals surface area contributed by atoms with E-state index < -0.39 is 0 Å². The van der Waals surface area contributed by atoms with E-state index in [1.54, 1.807) is 6.20 Å². The van der Waals surface area contributed by atoms with Crippen molar-refractivity contribution >= 4 is 28.1 Å². The lowest BCUT2D eigenvalue weighted by molar-refractivity contribution is 0.0946. The third kappa shape index (κ3) is 3.61. The standard InChI is InChI=1S/C21H20N4OS/c1-2-11-25-18-9-4-3-7-15(18)12-19(25)21-24-17(14-27-21)20(26)23-13-16-8-5-6-10-22-16/h3-10,12,14H,2,11,13H2,1H3,(H,23,26). The Bertz CT molecular complexity index is 1070. The number of carbonyl (C=O) groups is 1. The highest BCUT2D eigenvalue weighted by atomic mass is 32.1. The molecule has 0 bridgehead atoms. The number of benzene rings is 1. The van der Waals surface area contributed by atoms with Gasteiger partial charge in [-0.25, -0.2) is 4.98 Å². The number of carbonyl (C=O) groups excluding carboxylic acids is 1. The normalized spacial score (nSPS) is 11.0. The third-order valence-electron chi connectivity index (χ3n) is 4.37. The predicted molar refractivity (Wildman–Crippen MR) is 109 cm³/mol. The lowest BCUT2D eigenvalue weighted by Gasteiger charge is -2.07. The molecule has 1 aromatic carbocycles. The molecule has 0 saturated carbocycles. The second-order valence-electron chi connectivity index (χ2n) is 6.28. The summed E-state index contributed by atoms with van der Waals surface area (Å²) in [5, 5.41) is 6.75. The van der Waals surface area contributed by atoms with E-state index in [1.807, 2.05) is 29.6 Å². The molecule has 0 spiro atoms. The van der Waals surface area contributed by atoms with Gasteiger partial charge in [0, 0.05) is 29.0 Å². The first kappa shape index (κ1) is 17.4. The molecule has 0 radical (unpaired) electrons. The number of thiazole rings is 1. The molecule has 5 nitrogen and oxygen atoms in total. The molecule has 4 aromatic rings. The minimum atomic E-state index is -0.179. The Morgan fingerprint density at radius 3 is 2.85 bits per heavy atom. The van der Waals surface area contributed by atoms with Crippen molar-refractivity contribution in [1.82, 2.24) is 19.9 Å². The van der Waals surface area contributed by atoms with Gasteiger partial charge in [-0.3, -0.25) is 9.78 Å². The molecule has 0 aliphatic heterocycles. The lowest BCUT2D eigenvalue weighted by Crippen LogP contribution is -2.23. The molecule has 27 heavy (non-hydrogen) atoms. The molecule has 0 saturated heterocycles. The predicted octanol–water partition coefficient (Wildman–Crippen LogP) is 4.50. The van der Waals surface area contributed by atoms with Gasteiger partial charge in [0.1, 0.15) is 10.7 Å². The average Bonchev–Trinajstić information content (AvgIpc) is 3.33. The van der Waals surface area contributed by atoms with Crippen molar-refractivity contribution in [1.29, 1.82) is 0 Å². The van der Waals surface area contributed by atoms with Crippen molar-refractivity contribution in [3.8, 4) is 10.7 Å². The second kappa shape index (κ2) is 7.72. The quantitative estimate of drug-likeness (QED) is 0.539. The Labute approximate surface area is 161 Å². The maximum absolute atomic E-state index is 12.4. The van der Waals surface area contributed by atoms with Crippen LogP contribution in [0.2, 0.25) is 0 Å². The van der Waals surface area contributed by atoms with Gasteiger partial charge < -0.3 is 9.88 Å². The van der Waals surface area contributed by atoms with Crippen molar-refractivity contribution in [2.75, 3.05) is 0 Å². The monoisotopic (exact) mass is 376 g/mol. The van der Waals surface area contributed by atoms with Crippen LogP contribution in [-0.2, 0) is 13.1 Å². The molecule has 1 N–H and O–H groups in total. The van der Waals surface area contributed by atoms with Gasteiger partial charge in [-0.15, -0.1) is 11.3 Å². The highest BCUT2D eigenvalue weighted by molar-refractivity contribution is 7.13. The van der Waals surface area contributed by atoms with E-state index in [-0.39, 0.29) is 5.91 Å². The number of amides is 1. The van der Waals surface area contributed by atoms with Crippen LogP contribution in [0.4, 0.5) is 0 Å². The fraction of sp³-hybridized carbons (Fsp3) is 0.190. The number of rotatable bonds is 6. The average molecular weight is 376 g/mol. The van der Waals surface area contributed by atoms with Gasteiger partial charge in [0.25, 0.3) is 5.91 Å². The summed E-state index contributed by atoms with van der Waals surface area (Å²) in [6, 6.07) is 16.1. The van der Waals surface area contributed by atoms with Gasteiger partial charge in [-0.05, 0) is 30.7 Å². The van der Waals surface area contributed by atoms with Gasteiger partial charge in [0.2, 0.25) is 0 Å². The van der Waals surface area contributed by atoms with E-state index in [9.17, 15) is 4.79 Å². The van der Waals surface area contributed by atoms with E-state index in [4.69, 9.17) is 0 Å². The summed E-state index contributed by atoms with van der Waals surface area (Å²) in [5.41, 5.74) is 3.53. The number of aromatic nitrogens is 3. The summed E-state index contributed by atoms with van der Waals surface area (Å²) in [5.74, 6) is -0.179. The third-order valence-corrected chi connectivity index (χ3v) is 5.23. The molecule has 4 rings (SSSR count). The zero-order valence-electron chi connectivity index (χ0n) is 15.1. The number of fused-ring (bicyclic) bond motifs is 1. The van der Waals surface area contributed by atoms with Crippen molar-refractivity contribution in [3.05, 3.63) is 71.5 Å². The molecule has 3 aromatic heterocycles. The Hall–Kier alpha value is -2.99. The largest absolute Gasteiger partial charge is 0.345 e. The summed E-state index contributed by atoms with van der Waals surface area (Å²) >= 11 is 1.50. The second-order valence-corrected chi connectivity index (χ2v) is 7.14. The van der Waals surface area contributed by atoms with E-state index in [1.165, 1.54) is 22.2 Å². The smallest absolute Gasteiger partial charge is 0.271 e. The summed E-state index contributed by atoms with van der Waals surface area (Å²) in [6.45, 7) is 3.48. The van der Waals surface area contributed by atoms with Crippen LogP contribution < -0.4 is 5.32 Å².